The number of rotatable bonds is 19. The lowest BCUT2D eigenvalue weighted by Gasteiger charge is -2.10. The average Bonchev–Trinajstić information content (AvgIpc) is 3.24. The van der Waals surface area contributed by atoms with Crippen LogP contribution in [0, 0.1) is 0 Å². The fourth-order valence-corrected chi connectivity index (χ4v) is 9.31. The lowest BCUT2D eigenvalue weighted by atomic mass is 10.3. The molecule has 0 saturated heterocycles. The Hall–Kier alpha value is -6.29. The van der Waals surface area contributed by atoms with Crippen molar-refractivity contribution >= 4 is 29.5 Å². The Morgan fingerprint density at radius 2 is 0.559 bits per heavy atom. The first-order chi connectivity index (χ1) is 28.3. The minimum Gasteiger partial charge on any atom is -0.508 e. The largest absolute Gasteiger partial charge is 0.508 e. The molecule has 0 bridgehead atoms. The molecule has 0 heterocycles. The second-order valence-corrected chi connectivity index (χ2v) is 18.7. The van der Waals surface area contributed by atoms with Crippen molar-refractivity contribution in [3.05, 3.63) is 158 Å². The zero-order valence-electron chi connectivity index (χ0n) is 31.5. The Kier molecular flexibility index (Phi) is 13.6. The van der Waals surface area contributed by atoms with Crippen molar-refractivity contribution < 1.29 is 54.4 Å². The summed E-state index contributed by atoms with van der Waals surface area (Å²) in [6.45, 7) is 1.19. The molecule has 0 atom stereocenters. The Morgan fingerprint density at radius 3 is 0.814 bits per heavy atom. The predicted octanol–water partition coefficient (Wildman–Crippen LogP) is 7.85. The molecule has 306 valence electrons. The van der Waals surface area contributed by atoms with Crippen molar-refractivity contribution in [1.82, 2.24) is 0 Å². The maximum absolute atomic E-state index is 13.2. The van der Waals surface area contributed by atoms with Crippen LogP contribution in [0.5, 0.6) is 34.5 Å². The van der Waals surface area contributed by atoms with Crippen LogP contribution >= 0.6 is 0 Å². The van der Waals surface area contributed by atoms with E-state index in [-0.39, 0.29) is 54.1 Å². The van der Waals surface area contributed by atoms with E-state index < -0.39 is 29.5 Å². The molecule has 0 aliphatic carbocycles. The molecule has 12 nitrogen and oxygen atoms in total. The molecule has 2 N–H and O–H groups in total. The number of unbranched alkanes of at least 4 members (excludes halogenated alkanes) is 1. The van der Waals surface area contributed by atoms with E-state index in [2.05, 4.69) is 0 Å². The molecule has 0 saturated carbocycles. The van der Waals surface area contributed by atoms with E-state index in [4.69, 9.17) is 18.9 Å². The number of ether oxygens (including phenoxy) is 4. The van der Waals surface area contributed by atoms with E-state index in [0.29, 0.717) is 49.1 Å². The quantitative estimate of drug-likeness (QED) is 0.0596. The minimum atomic E-state index is -3.79. The molecule has 0 aliphatic heterocycles. The number of hydrogen-bond acceptors (Lipinski definition) is 12. The lowest BCUT2D eigenvalue weighted by molar-refractivity contribution is 0.266. The van der Waals surface area contributed by atoms with Crippen LogP contribution in [-0.2, 0) is 29.5 Å². The minimum absolute atomic E-state index is 0.0171. The number of hydrogen-bond donors (Lipinski definition) is 2. The molecule has 59 heavy (non-hydrogen) atoms. The highest BCUT2D eigenvalue weighted by atomic mass is 32.2. The predicted molar refractivity (Wildman–Crippen MR) is 219 cm³/mol. The third-order valence-corrected chi connectivity index (χ3v) is 14.1. The first kappa shape index (κ1) is 42.3. The van der Waals surface area contributed by atoms with E-state index in [1.807, 2.05) is 0 Å². The molecule has 0 fully saturated rings. The molecular formula is C44H40O12S3. The van der Waals surface area contributed by atoms with Gasteiger partial charge >= 0.3 is 0 Å². The van der Waals surface area contributed by atoms with E-state index in [1.165, 1.54) is 97.1 Å². The van der Waals surface area contributed by atoms with Crippen molar-refractivity contribution in [2.75, 3.05) is 26.4 Å². The van der Waals surface area contributed by atoms with E-state index in [9.17, 15) is 35.5 Å². The fraction of sp³-hybridized carbons (Fsp3) is 0.136. The standard InChI is InChI=1S/C44H40O12S3/c45-33-5-17-39(18-6-33)57(47,48)41-21-9-35(10-22-41)53-29-1-3-31-55-37-13-25-43(26-14-37)59(51,52)44-27-15-38(16-28-44)56-32-4-2-30-54-36-11-23-42(24-12-36)58(49,50)40-19-7-34(46)8-20-40/h1,3,5-28,45-46H,2,4,29-32H2. The monoisotopic (exact) mass is 856 g/mol. The zero-order valence-corrected chi connectivity index (χ0v) is 33.9. The van der Waals surface area contributed by atoms with Gasteiger partial charge in [0, 0.05) is 0 Å². The first-order valence-corrected chi connectivity index (χ1v) is 22.7. The van der Waals surface area contributed by atoms with Gasteiger partial charge in [0.2, 0.25) is 29.5 Å². The van der Waals surface area contributed by atoms with Gasteiger partial charge in [-0.3, -0.25) is 0 Å². The summed E-state index contributed by atoms with van der Waals surface area (Å²) in [4.78, 5) is 0.597. The van der Waals surface area contributed by atoms with E-state index in [1.54, 1.807) is 60.7 Å². The van der Waals surface area contributed by atoms with Gasteiger partial charge in [0.05, 0.1) is 42.6 Å². The van der Waals surface area contributed by atoms with E-state index in [0.717, 1.165) is 0 Å². The summed E-state index contributed by atoms with van der Waals surface area (Å²) in [5, 5.41) is 18.8. The Labute approximate surface area is 343 Å². The third kappa shape index (κ3) is 11.0. The molecule has 6 aromatic rings. The molecule has 15 heteroatoms. The van der Waals surface area contributed by atoms with Crippen LogP contribution < -0.4 is 18.9 Å². The van der Waals surface area contributed by atoms with Gasteiger partial charge in [-0.15, -0.1) is 0 Å². The zero-order chi connectivity index (χ0) is 41.9. The fourth-order valence-electron chi connectivity index (χ4n) is 5.53. The van der Waals surface area contributed by atoms with Gasteiger partial charge in [-0.05, 0) is 171 Å². The van der Waals surface area contributed by atoms with Crippen LogP contribution in [0.15, 0.2) is 187 Å². The molecule has 0 amide bonds. The molecule has 0 radical (unpaired) electrons. The van der Waals surface area contributed by atoms with Crippen LogP contribution in [0.4, 0.5) is 0 Å². The summed E-state index contributed by atoms with van der Waals surface area (Å²) in [6.07, 6.45) is 4.82. The molecule has 0 aliphatic rings. The van der Waals surface area contributed by atoms with Gasteiger partial charge < -0.3 is 29.2 Å². The normalized spacial score (nSPS) is 11.9. The number of sulfone groups is 3. The van der Waals surface area contributed by atoms with Gasteiger partial charge in [-0.2, -0.15) is 0 Å². The van der Waals surface area contributed by atoms with Crippen LogP contribution in [-0.4, -0.2) is 61.9 Å². The second kappa shape index (κ2) is 19.0. The Morgan fingerprint density at radius 1 is 0.339 bits per heavy atom. The lowest BCUT2D eigenvalue weighted by Crippen LogP contribution is -2.04. The van der Waals surface area contributed by atoms with Crippen molar-refractivity contribution in [1.29, 1.82) is 0 Å². The Bertz CT molecular complexity index is 2660. The van der Waals surface area contributed by atoms with Crippen molar-refractivity contribution in [2.45, 2.75) is 42.2 Å². The average molecular weight is 857 g/mol. The highest BCUT2D eigenvalue weighted by Crippen LogP contribution is 2.28. The van der Waals surface area contributed by atoms with Crippen LogP contribution in [0.2, 0.25) is 0 Å². The molecule has 6 rings (SSSR count). The van der Waals surface area contributed by atoms with Crippen LogP contribution in [0.1, 0.15) is 12.8 Å². The van der Waals surface area contributed by atoms with Gasteiger partial charge in [0.1, 0.15) is 47.7 Å². The molecule has 6 aromatic carbocycles. The SMILES string of the molecule is O=S(=O)(c1ccc(O)cc1)c1ccc(OCC=CCOc2ccc(S(=O)(=O)c3ccc(OCCCCOc4ccc(S(=O)(=O)c5ccc(O)cc5)cc4)cc3)cc2)cc1. The molecule has 0 spiro atoms. The van der Waals surface area contributed by atoms with Gasteiger partial charge in [-0.1, -0.05) is 0 Å². The highest BCUT2D eigenvalue weighted by Gasteiger charge is 2.20. The molecule has 0 aromatic heterocycles. The first-order valence-electron chi connectivity index (χ1n) is 18.2. The highest BCUT2D eigenvalue weighted by molar-refractivity contribution is 7.92. The number of phenols is 2. The summed E-state index contributed by atoms with van der Waals surface area (Å²) in [6, 6.07) is 35.1. The third-order valence-electron chi connectivity index (χ3n) is 8.77. The smallest absolute Gasteiger partial charge is 0.206 e. The van der Waals surface area contributed by atoms with Crippen molar-refractivity contribution in [3.63, 3.8) is 0 Å². The van der Waals surface area contributed by atoms with Gasteiger partial charge in [0.15, 0.2) is 0 Å². The molecular weight excluding hydrogens is 817 g/mol. The topological polar surface area (TPSA) is 180 Å². The maximum atomic E-state index is 13.2. The number of phenolic OH excluding ortho intramolecular Hbond substituents is 2. The van der Waals surface area contributed by atoms with Gasteiger partial charge in [-0.25, -0.2) is 25.3 Å². The van der Waals surface area contributed by atoms with Crippen LogP contribution in [0.3, 0.4) is 0 Å². The van der Waals surface area contributed by atoms with Crippen LogP contribution in [0.25, 0.3) is 0 Å². The van der Waals surface area contributed by atoms with Crippen molar-refractivity contribution in [3.8, 4) is 34.5 Å². The summed E-state index contributed by atoms with van der Waals surface area (Å²) in [5.74, 6) is 1.96. The van der Waals surface area contributed by atoms with Crippen molar-refractivity contribution in [2.24, 2.45) is 0 Å². The summed E-state index contributed by atoms with van der Waals surface area (Å²) >= 11 is 0. The summed E-state index contributed by atoms with van der Waals surface area (Å²) < 4.78 is 100. The van der Waals surface area contributed by atoms with E-state index >= 15 is 0 Å². The summed E-state index contributed by atoms with van der Waals surface area (Å²) in [7, 11) is -11.2. The number of benzene rings is 6. The second-order valence-electron chi connectivity index (χ2n) is 12.9. The maximum Gasteiger partial charge on any atom is 0.206 e. The summed E-state index contributed by atoms with van der Waals surface area (Å²) in [5.41, 5.74) is 0. The van der Waals surface area contributed by atoms with Gasteiger partial charge in [0.25, 0.3) is 0 Å². The number of aromatic hydroxyl groups is 2. The Balaban J connectivity index is 0.878. The molecule has 0 unspecified atom stereocenters.